The average molecular weight is 372 g/mol. The molecule has 2 unspecified atom stereocenters. The molecule has 1 aromatic carbocycles. The van der Waals surface area contributed by atoms with E-state index in [1.807, 2.05) is 0 Å². The van der Waals surface area contributed by atoms with Crippen molar-refractivity contribution in [3.8, 4) is 11.5 Å². The van der Waals surface area contributed by atoms with Crippen molar-refractivity contribution in [2.24, 2.45) is 5.73 Å². The second kappa shape index (κ2) is 7.60. The zero-order valence-corrected chi connectivity index (χ0v) is 14.7. The number of amides is 1. The molecule has 27 heavy (non-hydrogen) atoms. The van der Waals surface area contributed by atoms with Crippen LogP contribution in [0.15, 0.2) is 36.7 Å². The Balaban J connectivity index is 2.03. The highest BCUT2D eigenvalue weighted by Gasteiger charge is 2.39. The molecule has 0 radical (unpaired) electrons. The highest BCUT2D eigenvalue weighted by Crippen LogP contribution is 2.40. The number of hydrogen-bond acceptors (Lipinski definition) is 8. The number of ether oxygens (including phenoxy) is 1. The number of carbonyl (C=O) groups is 2. The van der Waals surface area contributed by atoms with Crippen LogP contribution in [-0.4, -0.2) is 36.9 Å². The van der Waals surface area contributed by atoms with Crippen molar-refractivity contribution in [3.63, 3.8) is 0 Å². The molecule has 2 atom stereocenters. The van der Waals surface area contributed by atoms with Gasteiger partial charge in [0.25, 0.3) is 0 Å². The predicted molar refractivity (Wildman–Crippen MR) is 95.4 cm³/mol. The van der Waals surface area contributed by atoms with Gasteiger partial charge in [-0.2, -0.15) is 4.89 Å². The van der Waals surface area contributed by atoms with Gasteiger partial charge in [0.2, 0.25) is 11.7 Å². The number of primary amides is 1. The van der Waals surface area contributed by atoms with Crippen molar-refractivity contribution in [2.45, 2.75) is 18.4 Å². The third kappa shape index (κ3) is 3.42. The highest BCUT2D eigenvalue weighted by atomic mass is 17.2. The minimum atomic E-state index is -1.13. The van der Waals surface area contributed by atoms with E-state index in [2.05, 4.69) is 9.87 Å². The lowest BCUT2D eigenvalue weighted by Gasteiger charge is -2.37. The van der Waals surface area contributed by atoms with Crippen LogP contribution in [0.2, 0.25) is 0 Å². The van der Waals surface area contributed by atoms with Crippen LogP contribution in [0.3, 0.4) is 0 Å². The molecule has 0 saturated carbocycles. The number of methoxy groups -OCH3 is 1. The lowest BCUT2D eigenvalue weighted by molar-refractivity contribution is -0.179. The number of fused-ring (bicyclic) bond motifs is 1. The van der Waals surface area contributed by atoms with Gasteiger partial charge in [0.15, 0.2) is 11.5 Å². The molecule has 142 valence electrons. The van der Waals surface area contributed by atoms with Crippen molar-refractivity contribution in [1.82, 2.24) is 4.98 Å². The summed E-state index contributed by atoms with van der Waals surface area (Å²) in [6.07, 6.45) is 2.59. The van der Waals surface area contributed by atoms with Crippen molar-refractivity contribution in [3.05, 3.63) is 53.0 Å². The number of benzene rings is 1. The van der Waals surface area contributed by atoms with E-state index >= 15 is 0 Å². The molecule has 2 N–H and O–H groups in total. The van der Waals surface area contributed by atoms with E-state index in [0.717, 1.165) is 0 Å². The van der Waals surface area contributed by atoms with Crippen LogP contribution in [0.5, 0.6) is 11.5 Å². The Labute approximate surface area is 155 Å². The summed E-state index contributed by atoms with van der Waals surface area (Å²) < 4.78 is 5.26. The fraction of sp³-hybridized carbons (Fsp3) is 0.278. The standard InChI is InChI=1S/C18H18N3O6/c1-25-15-7-10(3-4-14(15)27-26-2)11(8-16(19)22)17-18(23)12-9-20-6-5-13(12)21(17)24/h3-7,9,11,17H,8H2,1-2H3,(H2,19,22)/q-1. The predicted octanol–water partition coefficient (Wildman–Crippen LogP) is 1.56. The largest absolute Gasteiger partial charge is 0.758 e. The van der Waals surface area contributed by atoms with Crippen LogP contribution in [0.25, 0.3) is 0 Å². The first kappa shape index (κ1) is 18.6. The minimum Gasteiger partial charge on any atom is -0.758 e. The summed E-state index contributed by atoms with van der Waals surface area (Å²) in [6.45, 7) is 0. The molecule has 0 fully saturated rings. The van der Waals surface area contributed by atoms with Crippen molar-refractivity contribution < 1.29 is 24.1 Å². The number of hydrogen-bond donors (Lipinski definition) is 1. The van der Waals surface area contributed by atoms with Crippen LogP contribution in [0.1, 0.15) is 28.3 Å². The van der Waals surface area contributed by atoms with E-state index in [9.17, 15) is 14.8 Å². The quantitative estimate of drug-likeness (QED) is 0.573. The van der Waals surface area contributed by atoms with Gasteiger partial charge in [0.1, 0.15) is 0 Å². The number of rotatable bonds is 7. The number of nitrogens with zero attached hydrogens (tertiary/aromatic N) is 2. The fourth-order valence-corrected chi connectivity index (χ4v) is 3.23. The molecule has 9 heteroatoms. The van der Waals surface area contributed by atoms with E-state index in [1.165, 1.54) is 32.7 Å². The molecule has 1 amide bonds. The minimum absolute atomic E-state index is 0.190. The summed E-state index contributed by atoms with van der Waals surface area (Å²) >= 11 is 0. The number of nitrogens with two attached hydrogens (primary N) is 1. The Morgan fingerprint density at radius 2 is 2.11 bits per heavy atom. The Hall–Kier alpha value is -3.17. The number of aromatic nitrogens is 1. The summed E-state index contributed by atoms with van der Waals surface area (Å²) in [5.41, 5.74) is 6.36. The molecule has 0 aliphatic carbocycles. The summed E-state index contributed by atoms with van der Waals surface area (Å²) in [7, 11) is 2.79. The SMILES string of the molecule is COOc1ccc(C(CC(N)=O)C2C(=O)c3cnccc3N2[O-])cc1OC. The van der Waals surface area contributed by atoms with Crippen molar-refractivity contribution in [1.29, 1.82) is 0 Å². The lowest BCUT2D eigenvalue weighted by Crippen LogP contribution is -2.38. The van der Waals surface area contributed by atoms with Gasteiger partial charge in [-0.25, -0.2) is 0 Å². The van der Waals surface area contributed by atoms with Gasteiger partial charge < -0.3 is 25.6 Å². The maximum Gasteiger partial charge on any atom is 0.218 e. The summed E-state index contributed by atoms with van der Waals surface area (Å²) in [4.78, 5) is 38.0. The Bertz CT molecular complexity index is 872. The van der Waals surface area contributed by atoms with E-state index in [4.69, 9.17) is 15.4 Å². The van der Waals surface area contributed by atoms with Crippen LogP contribution in [0, 0.1) is 5.21 Å². The zero-order chi connectivity index (χ0) is 19.6. The first-order chi connectivity index (χ1) is 13.0. The number of ketones is 1. The van der Waals surface area contributed by atoms with Gasteiger partial charge in [0.05, 0.1) is 25.8 Å². The molecular weight excluding hydrogens is 354 g/mol. The topological polar surface area (TPSA) is 127 Å². The maximum atomic E-state index is 12.8. The summed E-state index contributed by atoms with van der Waals surface area (Å²) in [5.74, 6) is -1.18. The van der Waals surface area contributed by atoms with Crippen LogP contribution in [-0.2, 0) is 9.68 Å². The number of carbonyl (C=O) groups excluding carboxylic acids is 2. The Morgan fingerprint density at radius 1 is 1.33 bits per heavy atom. The Kier molecular flexibility index (Phi) is 5.24. The average Bonchev–Trinajstić information content (AvgIpc) is 2.91. The molecule has 1 aliphatic heterocycles. The third-order valence-electron chi connectivity index (χ3n) is 4.41. The molecule has 9 nitrogen and oxygen atoms in total. The third-order valence-corrected chi connectivity index (χ3v) is 4.41. The zero-order valence-electron chi connectivity index (χ0n) is 14.7. The summed E-state index contributed by atoms with van der Waals surface area (Å²) in [6, 6.07) is 5.12. The number of Topliss-reactive ketones (excluding diaryl/α,β-unsaturated/α-hetero) is 1. The van der Waals surface area contributed by atoms with Gasteiger partial charge in [-0.15, -0.1) is 0 Å². The van der Waals surface area contributed by atoms with E-state index in [0.29, 0.717) is 22.1 Å². The molecule has 2 aromatic rings. The fourth-order valence-electron chi connectivity index (χ4n) is 3.23. The van der Waals surface area contributed by atoms with E-state index in [1.54, 1.807) is 18.2 Å². The van der Waals surface area contributed by atoms with Crippen LogP contribution < -0.4 is 20.4 Å². The molecule has 1 aromatic heterocycles. The molecule has 3 rings (SSSR count). The van der Waals surface area contributed by atoms with Gasteiger partial charge in [0, 0.05) is 30.4 Å². The van der Waals surface area contributed by atoms with Gasteiger partial charge in [-0.05, 0) is 23.8 Å². The highest BCUT2D eigenvalue weighted by molar-refractivity contribution is 6.11. The number of anilines is 1. The molecular formula is C18H18N3O6-. The molecule has 1 aliphatic rings. The number of hydroxylamine groups is 1. The Morgan fingerprint density at radius 3 is 2.74 bits per heavy atom. The first-order valence-electron chi connectivity index (χ1n) is 8.09. The van der Waals surface area contributed by atoms with E-state index < -0.39 is 23.7 Å². The summed E-state index contributed by atoms with van der Waals surface area (Å²) in [5, 5.41) is 13.4. The number of pyridine rings is 1. The molecule has 2 heterocycles. The van der Waals surface area contributed by atoms with Crippen LogP contribution in [0.4, 0.5) is 5.69 Å². The second-order valence-electron chi connectivity index (χ2n) is 5.96. The molecule has 0 spiro atoms. The van der Waals surface area contributed by atoms with Crippen molar-refractivity contribution in [2.75, 3.05) is 19.3 Å². The maximum absolute atomic E-state index is 12.8. The molecule has 0 bridgehead atoms. The van der Waals surface area contributed by atoms with Crippen molar-refractivity contribution >= 4 is 17.4 Å². The van der Waals surface area contributed by atoms with E-state index in [-0.39, 0.29) is 17.7 Å². The van der Waals surface area contributed by atoms with Crippen LogP contribution >= 0.6 is 0 Å². The second-order valence-corrected chi connectivity index (χ2v) is 5.96. The van der Waals surface area contributed by atoms with Gasteiger partial charge in [-0.1, -0.05) is 6.07 Å². The first-order valence-corrected chi connectivity index (χ1v) is 8.09. The monoisotopic (exact) mass is 372 g/mol. The normalized spacial score (nSPS) is 16.8. The van der Waals surface area contributed by atoms with Gasteiger partial charge in [-0.3, -0.25) is 14.6 Å². The molecule has 0 saturated heterocycles. The lowest BCUT2D eigenvalue weighted by atomic mass is 9.86. The smallest absolute Gasteiger partial charge is 0.218 e. The van der Waals surface area contributed by atoms with Gasteiger partial charge >= 0.3 is 0 Å².